The van der Waals surface area contributed by atoms with E-state index in [2.05, 4.69) is 38.2 Å². The molecule has 0 N–H and O–H groups in total. The molecule has 0 fully saturated rings. The van der Waals surface area contributed by atoms with Crippen molar-refractivity contribution in [1.29, 1.82) is 0 Å². The highest BCUT2D eigenvalue weighted by atomic mass is 16.5. The molecule has 0 aromatic rings. The van der Waals surface area contributed by atoms with Gasteiger partial charge in [0.15, 0.2) is 0 Å². The van der Waals surface area contributed by atoms with Crippen molar-refractivity contribution in [3.05, 3.63) is 82.4 Å². The second-order valence-electron chi connectivity index (χ2n) is 7.31. The molecule has 0 aliphatic heterocycles. The van der Waals surface area contributed by atoms with Gasteiger partial charge in [-0.15, -0.1) is 0 Å². The first-order valence-electron chi connectivity index (χ1n) is 8.61. The number of hydrogen-bond donors (Lipinski definition) is 0. The summed E-state index contributed by atoms with van der Waals surface area (Å²) in [4.78, 5) is 22.7. The van der Waals surface area contributed by atoms with E-state index in [9.17, 15) is 9.59 Å². The third-order valence-corrected chi connectivity index (χ3v) is 5.91. The van der Waals surface area contributed by atoms with Gasteiger partial charge in [0.25, 0.3) is 0 Å². The zero-order valence-corrected chi connectivity index (χ0v) is 15.3. The number of hydrogen-bond acceptors (Lipinski definition) is 4. The van der Waals surface area contributed by atoms with Gasteiger partial charge in [-0.2, -0.15) is 0 Å². The van der Waals surface area contributed by atoms with Gasteiger partial charge in [-0.05, 0) is 46.6 Å². The lowest BCUT2D eigenvalue weighted by molar-refractivity contribution is -0.137. The Hall–Kier alpha value is -2.88. The summed E-state index contributed by atoms with van der Waals surface area (Å²) in [6, 6.07) is 0. The van der Waals surface area contributed by atoms with Gasteiger partial charge < -0.3 is 9.47 Å². The number of ether oxygens (including phenoxy) is 2. The van der Waals surface area contributed by atoms with Gasteiger partial charge in [0.2, 0.25) is 0 Å². The van der Waals surface area contributed by atoms with E-state index in [4.69, 9.17) is 9.47 Å². The third-order valence-electron chi connectivity index (χ3n) is 5.91. The van der Waals surface area contributed by atoms with Crippen molar-refractivity contribution in [3.63, 3.8) is 0 Å². The SMILES string of the molecule is CC(=O)OC1=CC2=CC=C3C=C(OC(C)=O)C=C4C=CC(=C1)C2(C)C34C. The van der Waals surface area contributed by atoms with Crippen molar-refractivity contribution in [1.82, 2.24) is 0 Å². The molecule has 0 saturated carbocycles. The van der Waals surface area contributed by atoms with E-state index in [-0.39, 0.29) is 22.8 Å². The normalized spacial score (nSPS) is 30.6. The van der Waals surface area contributed by atoms with Gasteiger partial charge in [0.05, 0.1) is 0 Å². The number of esters is 2. The maximum absolute atomic E-state index is 11.4. The molecule has 0 heterocycles. The summed E-state index contributed by atoms with van der Waals surface area (Å²) >= 11 is 0. The Morgan fingerprint density at radius 1 is 0.692 bits per heavy atom. The van der Waals surface area contributed by atoms with Gasteiger partial charge in [0.1, 0.15) is 11.5 Å². The van der Waals surface area contributed by atoms with Crippen LogP contribution in [-0.2, 0) is 19.1 Å². The Morgan fingerprint density at radius 3 is 1.42 bits per heavy atom. The van der Waals surface area contributed by atoms with Crippen LogP contribution in [0, 0.1) is 10.8 Å². The summed E-state index contributed by atoms with van der Waals surface area (Å²) in [6.07, 6.45) is 16.0. The number of carbonyl (C=O) groups excluding carboxylic acids is 2. The first-order chi connectivity index (χ1) is 12.2. The molecule has 0 spiro atoms. The van der Waals surface area contributed by atoms with Crippen LogP contribution in [-0.4, -0.2) is 11.9 Å². The summed E-state index contributed by atoms with van der Waals surface area (Å²) in [7, 11) is 0. The second-order valence-corrected chi connectivity index (χ2v) is 7.31. The highest BCUT2D eigenvalue weighted by molar-refractivity contribution is 5.72. The van der Waals surface area contributed by atoms with Crippen LogP contribution in [0.3, 0.4) is 0 Å². The minimum atomic E-state index is -0.331. The quantitative estimate of drug-likeness (QED) is 0.702. The molecule has 2 atom stereocenters. The van der Waals surface area contributed by atoms with E-state index in [1.165, 1.54) is 13.8 Å². The monoisotopic (exact) mass is 348 g/mol. The first kappa shape index (κ1) is 16.6. The van der Waals surface area contributed by atoms with Crippen molar-refractivity contribution in [2.24, 2.45) is 10.8 Å². The largest absolute Gasteiger partial charge is 0.427 e. The average Bonchev–Trinajstić information content (AvgIpc) is 2.53. The molecule has 4 nitrogen and oxygen atoms in total. The van der Waals surface area contributed by atoms with E-state index in [0.29, 0.717) is 11.5 Å². The predicted molar refractivity (Wildman–Crippen MR) is 97.4 cm³/mol. The molecule has 4 aliphatic rings. The molecule has 2 unspecified atom stereocenters. The fraction of sp³-hybridized carbons (Fsp3) is 0.273. The van der Waals surface area contributed by atoms with E-state index < -0.39 is 0 Å². The summed E-state index contributed by atoms with van der Waals surface area (Å²) in [5.41, 5.74) is 3.79. The highest BCUT2D eigenvalue weighted by Gasteiger charge is 2.56. The molecule has 0 aromatic heterocycles. The van der Waals surface area contributed by atoms with Gasteiger partial charge in [-0.1, -0.05) is 38.2 Å². The standard InChI is InChI=1S/C22H20O4/c1-13(23)25-19-9-15-5-7-17-11-20(26-14(2)24)12-18-8-6-16(10-19)21(15,3)22(17,18)4/h5-12H,1-4H3. The summed E-state index contributed by atoms with van der Waals surface area (Å²) in [5.74, 6) is 0.450. The van der Waals surface area contributed by atoms with Gasteiger partial charge in [-0.3, -0.25) is 9.59 Å². The van der Waals surface area contributed by atoms with Crippen LogP contribution in [0.4, 0.5) is 0 Å². The lowest BCUT2D eigenvalue weighted by atomic mass is 9.47. The number of carbonyl (C=O) groups is 2. The van der Waals surface area contributed by atoms with Crippen LogP contribution >= 0.6 is 0 Å². The molecule has 4 rings (SSSR count). The van der Waals surface area contributed by atoms with E-state index in [1.54, 1.807) is 0 Å². The zero-order chi connectivity index (χ0) is 18.7. The van der Waals surface area contributed by atoms with Gasteiger partial charge in [0, 0.05) is 24.7 Å². The van der Waals surface area contributed by atoms with Crippen molar-refractivity contribution in [2.45, 2.75) is 27.7 Å². The van der Waals surface area contributed by atoms with Crippen LogP contribution in [0.1, 0.15) is 27.7 Å². The lowest BCUT2D eigenvalue weighted by Crippen LogP contribution is -2.47. The van der Waals surface area contributed by atoms with Crippen molar-refractivity contribution in [3.8, 4) is 0 Å². The first-order valence-corrected chi connectivity index (χ1v) is 8.61. The van der Waals surface area contributed by atoms with E-state index in [0.717, 1.165) is 22.3 Å². The fourth-order valence-electron chi connectivity index (χ4n) is 4.43. The van der Waals surface area contributed by atoms with Gasteiger partial charge in [-0.25, -0.2) is 0 Å². The molecule has 0 bridgehead atoms. The predicted octanol–water partition coefficient (Wildman–Crippen LogP) is 4.21. The zero-order valence-electron chi connectivity index (χ0n) is 15.3. The lowest BCUT2D eigenvalue weighted by Gasteiger charge is -2.56. The van der Waals surface area contributed by atoms with Crippen LogP contribution in [0.5, 0.6) is 0 Å². The van der Waals surface area contributed by atoms with Crippen LogP contribution in [0.2, 0.25) is 0 Å². The molecule has 0 amide bonds. The molecule has 0 saturated heterocycles. The Bertz CT molecular complexity index is 886. The topological polar surface area (TPSA) is 52.6 Å². The molecule has 26 heavy (non-hydrogen) atoms. The van der Waals surface area contributed by atoms with E-state index >= 15 is 0 Å². The van der Waals surface area contributed by atoms with Crippen LogP contribution in [0.15, 0.2) is 82.4 Å². The van der Waals surface area contributed by atoms with Crippen molar-refractivity contribution < 1.29 is 19.1 Å². The maximum Gasteiger partial charge on any atom is 0.308 e. The summed E-state index contributed by atoms with van der Waals surface area (Å²) in [5, 5.41) is 0. The molecular weight excluding hydrogens is 328 g/mol. The Morgan fingerprint density at radius 2 is 1.08 bits per heavy atom. The average molecular weight is 348 g/mol. The van der Waals surface area contributed by atoms with Crippen LogP contribution < -0.4 is 0 Å². The Kier molecular flexibility index (Phi) is 3.38. The van der Waals surface area contributed by atoms with Crippen LogP contribution in [0.25, 0.3) is 0 Å². The third kappa shape index (κ3) is 2.08. The maximum atomic E-state index is 11.4. The second kappa shape index (κ2) is 5.31. The van der Waals surface area contributed by atoms with E-state index in [1.807, 2.05) is 24.3 Å². The highest BCUT2D eigenvalue weighted by Crippen LogP contribution is 2.65. The molecule has 0 aromatic carbocycles. The molecular formula is C22H20O4. The molecule has 0 radical (unpaired) electrons. The smallest absolute Gasteiger partial charge is 0.308 e. The van der Waals surface area contributed by atoms with Gasteiger partial charge >= 0.3 is 11.9 Å². The molecule has 132 valence electrons. The molecule has 4 aliphatic carbocycles. The number of allylic oxidation sites excluding steroid dienone is 12. The van der Waals surface area contributed by atoms with Crippen molar-refractivity contribution in [2.75, 3.05) is 0 Å². The number of rotatable bonds is 2. The summed E-state index contributed by atoms with van der Waals surface area (Å²) < 4.78 is 10.7. The Balaban J connectivity index is 1.91. The fourth-order valence-corrected chi connectivity index (χ4v) is 4.43. The minimum absolute atomic E-state index is 0.292. The Labute approximate surface area is 152 Å². The minimum Gasteiger partial charge on any atom is -0.427 e. The molecule has 4 heteroatoms. The van der Waals surface area contributed by atoms with Crippen molar-refractivity contribution >= 4 is 11.9 Å². The summed E-state index contributed by atoms with van der Waals surface area (Å²) in [6.45, 7) is 7.23.